The average Bonchev–Trinajstić information content (AvgIpc) is 3.29. The Labute approximate surface area is 171 Å². The molecule has 0 saturated carbocycles. The molecule has 6 nitrogen and oxygen atoms in total. The van der Waals surface area contributed by atoms with Gasteiger partial charge in [-0.2, -0.15) is 0 Å². The Hall–Kier alpha value is -2.99. The number of piperazine rings is 1. The van der Waals surface area contributed by atoms with Gasteiger partial charge in [-0.1, -0.05) is 55.5 Å². The minimum absolute atomic E-state index is 0.0712. The van der Waals surface area contributed by atoms with Gasteiger partial charge in [0.15, 0.2) is 5.69 Å². The SMILES string of the molecule is CCc1ccc(C2CN(C(=O)c3cn(-c4ccc(CC)cc4)nn3)CCN2)cc1. The van der Waals surface area contributed by atoms with Crippen molar-refractivity contribution in [3.05, 3.63) is 77.1 Å². The predicted molar refractivity (Wildman–Crippen MR) is 113 cm³/mol. The highest BCUT2D eigenvalue weighted by Crippen LogP contribution is 2.20. The molecule has 1 amide bonds. The summed E-state index contributed by atoms with van der Waals surface area (Å²) < 4.78 is 1.66. The molecule has 4 rings (SSSR count). The molecular formula is C23H27N5O. The van der Waals surface area contributed by atoms with Crippen molar-refractivity contribution >= 4 is 5.91 Å². The molecule has 1 saturated heterocycles. The molecule has 150 valence electrons. The lowest BCUT2D eigenvalue weighted by Gasteiger charge is -2.33. The largest absolute Gasteiger partial charge is 0.334 e. The summed E-state index contributed by atoms with van der Waals surface area (Å²) in [6.07, 6.45) is 3.74. The Kier molecular flexibility index (Phi) is 5.71. The molecule has 1 aliphatic rings. The molecule has 1 aliphatic heterocycles. The summed E-state index contributed by atoms with van der Waals surface area (Å²) in [6, 6.07) is 16.9. The highest BCUT2D eigenvalue weighted by atomic mass is 16.2. The lowest BCUT2D eigenvalue weighted by molar-refractivity contribution is 0.0697. The number of carbonyl (C=O) groups is 1. The molecule has 0 radical (unpaired) electrons. The van der Waals surface area contributed by atoms with Crippen molar-refractivity contribution in [2.75, 3.05) is 19.6 Å². The van der Waals surface area contributed by atoms with Gasteiger partial charge in [0, 0.05) is 25.7 Å². The van der Waals surface area contributed by atoms with Crippen LogP contribution in [0, 0.1) is 0 Å². The Bertz CT molecular complexity index is 962. The van der Waals surface area contributed by atoms with E-state index < -0.39 is 0 Å². The Morgan fingerprint density at radius 2 is 1.69 bits per heavy atom. The van der Waals surface area contributed by atoms with Crippen LogP contribution >= 0.6 is 0 Å². The number of nitrogens with zero attached hydrogens (tertiary/aromatic N) is 4. The van der Waals surface area contributed by atoms with Crippen molar-refractivity contribution in [1.29, 1.82) is 0 Å². The van der Waals surface area contributed by atoms with Crippen molar-refractivity contribution in [2.24, 2.45) is 0 Å². The van der Waals surface area contributed by atoms with Crippen molar-refractivity contribution < 1.29 is 4.79 Å². The maximum atomic E-state index is 13.0. The quantitative estimate of drug-likeness (QED) is 0.728. The van der Waals surface area contributed by atoms with Crippen LogP contribution in [-0.4, -0.2) is 45.4 Å². The third kappa shape index (κ3) is 4.22. The molecule has 3 aromatic rings. The zero-order valence-electron chi connectivity index (χ0n) is 17.0. The number of hydrogen-bond donors (Lipinski definition) is 1. The monoisotopic (exact) mass is 389 g/mol. The van der Waals surface area contributed by atoms with Crippen molar-refractivity contribution in [3.8, 4) is 5.69 Å². The maximum Gasteiger partial charge on any atom is 0.276 e. The van der Waals surface area contributed by atoms with Crippen LogP contribution in [0.5, 0.6) is 0 Å². The third-order valence-electron chi connectivity index (χ3n) is 5.57. The number of rotatable bonds is 5. The van der Waals surface area contributed by atoms with Gasteiger partial charge in [-0.3, -0.25) is 4.79 Å². The first kappa shape index (κ1) is 19.3. The summed E-state index contributed by atoms with van der Waals surface area (Å²) in [5, 5.41) is 11.8. The first-order valence-corrected chi connectivity index (χ1v) is 10.3. The Morgan fingerprint density at radius 1 is 1.03 bits per heavy atom. The molecule has 1 unspecified atom stereocenters. The summed E-state index contributed by atoms with van der Waals surface area (Å²) in [4.78, 5) is 14.9. The fourth-order valence-corrected chi connectivity index (χ4v) is 3.68. The summed E-state index contributed by atoms with van der Waals surface area (Å²) in [5.74, 6) is -0.0712. The van der Waals surface area contributed by atoms with E-state index >= 15 is 0 Å². The van der Waals surface area contributed by atoms with Gasteiger partial charge in [0.25, 0.3) is 5.91 Å². The third-order valence-corrected chi connectivity index (χ3v) is 5.57. The first-order valence-electron chi connectivity index (χ1n) is 10.3. The molecule has 0 bridgehead atoms. The van der Waals surface area contributed by atoms with Gasteiger partial charge in [-0.15, -0.1) is 5.10 Å². The highest BCUT2D eigenvalue weighted by molar-refractivity contribution is 5.92. The fraction of sp³-hybridized carbons (Fsp3) is 0.348. The molecule has 29 heavy (non-hydrogen) atoms. The average molecular weight is 390 g/mol. The standard InChI is InChI=1S/C23H27N5O/c1-3-17-5-9-19(10-6-17)21-15-27(14-13-24-21)23(29)22-16-28(26-25-22)20-11-7-18(4-2)8-12-20/h5-12,16,21,24H,3-4,13-15H2,1-2H3. The van der Waals surface area contributed by atoms with E-state index in [1.165, 1.54) is 16.7 Å². The van der Waals surface area contributed by atoms with E-state index in [0.29, 0.717) is 18.8 Å². The second kappa shape index (κ2) is 8.57. The number of hydrogen-bond acceptors (Lipinski definition) is 4. The summed E-state index contributed by atoms with van der Waals surface area (Å²) in [6.45, 7) is 6.33. The molecule has 0 spiro atoms. The minimum atomic E-state index is -0.0712. The smallest absolute Gasteiger partial charge is 0.276 e. The van der Waals surface area contributed by atoms with Gasteiger partial charge in [-0.05, 0) is 41.7 Å². The summed E-state index contributed by atoms with van der Waals surface area (Å²) in [7, 11) is 0. The lowest BCUT2D eigenvalue weighted by atomic mass is 10.0. The molecule has 6 heteroatoms. The number of benzene rings is 2. The first-order chi connectivity index (χ1) is 14.2. The number of aryl methyl sites for hydroxylation is 2. The van der Waals surface area contributed by atoms with Gasteiger partial charge >= 0.3 is 0 Å². The van der Waals surface area contributed by atoms with E-state index in [1.807, 2.05) is 17.0 Å². The Balaban J connectivity index is 1.46. The number of aromatic nitrogens is 3. The molecule has 1 aromatic heterocycles. The lowest BCUT2D eigenvalue weighted by Crippen LogP contribution is -2.48. The number of nitrogens with one attached hydrogen (secondary N) is 1. The van der Waals surface area contributed by atoms with Gasteiger partial charge in [0.05, 0.1) is 11.9 Å². The van der Waals surface area contributed by atoms with E-state index in [2.05, 4.69) is 65.9 Å². The van der Waals surface area contributed by atoms with Crippen LogP contribution < -0.4 is 5.32 Å². The molecule has 2 aromatic carbocycles. The zero-order valence-corrected chi connectivity index (χ0v) is 17.0. The molecule has 0 aliphatic carbocycles. The molecule has 1 fully saturated rings. The van der Waals surface area contributed by atoms with Crippen LogP contribution in [0.4, 0.5) is 0 Å². The van der Waals surface area contributed by atoms with Crippen LogP contribution in [0.25, 0.3) is 5.69 Å². The van der Waals surface area contributed by atoms with E-state index in [9.17, 15) is 4.79 Å². The summed E-state index contributed by atoms with van der Waals surface area (Å²) in [5.41, 5.74) is 5.08. The van der Waals surface area contributed by atoms with E-state index in [-0.39, 0.29) is 11.9 Å². The number of amides is 1. The summed E-state index contributed by atoms with van der Waals surface area (Å²) >= 11 is 0. The van der Waals surface area contributed by atoms with Crippen molar-refractivity contribution in [2.45, 2.75) is 32.7 Å². The normalized spacial score (nSPS) is 16.8. The molecule has 1 N–H and O–H groups in total. The fourth-order valence-electron chi connectivity index (χ4n) is 3.68. The van der Waals surface area contributed by atoms with Crippen LogP contribution in [0.3, 0.4) is 0 Å². The Morgan fingerprint density at radius 3 is 2.34 bits per heavy atom. The van der Waals surface area contributed by atoms with E-state index in [1.54, 1.807) is 10.9 Å². The van der Waals surface area contributed by atoms with E-state index in [0.717, 1.165) is 25.1 Å². The highest BCUT2D eigenvalue weighted by Gasteiger charge is 2.26. The minimum Gasteiger partial charge on any atom is -0.334 e. The van der Waals surface area contributed by atoms with Gasteiger partial charge in [-0.25, -0.2) is 4.68 Å². The zero-order chi connectivity index (χ0) is 20.2. The number of carbonyl (C=O) groups excluding carboxylic acids is 1. The second-order valence-corrected chi connectivity index (χ2v) is 7.42. The molecular weight excluding hydrogens is 362 g/mol. The van der Waals surface area contributed by atoms with Crippen LogP contribution in [0.2, 0.25) is 0 Å². The van der Waals surface area contributed by atoms with Crippen LogP contribution in [0.15, 0.2) is 54.7 Å². The van der Waals surface area contributed by atoms with Gasteiger partial charge in [0.1, 0.15) is 0 Å². The molecule has 1 atom stereocenters. The van der Waals surface area contributed by atoms with Crippen LogP contribution in [-0.2, 0) is 12.8 Å². The van der Waals surface area contributed by atoms with Crippen LogP contribution in [0.1, 0.15) is 47.1 Å². The van der Waals surface area contributed by atoms with Gasteiger partial charge < -0.3 is 10.2 Å². The maximum absolute atomic E-state index is 13.0. The van der Waals surface area contributed by atoms with Crippen molar-refractivity contribution in [3.63, 3.8) is 0 Å². The predicted octanol–water partition coefficient (Wildman–Crippen LogP) is 3.18. The van der Waals surface area contributed by atoms with Crippen molar-refractivity contribution in [1.82, 2.24) is 25.2 Å². The molecule has 2 heterocycles. The second-order valence-electron chi connectivity index (χ2n) is 7.42. The topological polar surface area (TPSA) is 63.1 Å². The van der Waals surface area contributed by atoms with E-state index in [4.69, 9.17) is 0 Å². The van der Waals surface area contributed by atoms with Gasteiger partial charge in [0.2, 0.25) is 0 Å².